The van der Waals surface area contributed by atoms with Crippen LogP contribution in [-0.2, 0) is 10.7 Å². The Morgan fingerprint density at radius 3 is 2.15 bits per heavy atom. The average Bonchev–Trinajstić information content (AvgIpc) is 2.57. The van der Waals surface area contributed by atoms with Crippen molar-refractivity contribution in [3.8, 4) is 0 Å². The van der Waals surface area contributed by atoms with Crippen molar-refractivity contribution in [2.45, 2.75) is 12.2 Å². The van der Waals surface area contributed by atoms with Crippen molar-refractivity contribution in [2.75, 3.05) is 17.7 Å². The molecule has 0 fully saturated rings. The third-order valence-electron chi connectivity index (χ3n) is 3.75. The third kappa shape index (κ3) is 5.78. The molecular weight excluding hydrogens is 388 g/mol. The normalized spacial score (nSPS) is 13.2. The van der Waals surface area contributed by atoms with Crippen molar-refractivity contribution in [3.05, 3.63) is 75.8 Å². The van der Waals surface area contributed by atoms with Gasteiger partial charge in [-0.3, -0.25) is 14.7 Å². The SMILES string of the molecule is O=[N+]([O-])CC(c1ccccc1C(F)(F)F)N(CP(=O)(O)O)c1ccccc1. The molecular formula is C16H16F3N2O5P. The summed E-state index contributed by atoms with van der Waals surface area (Å²) in [4.78, 5) is 30.0. The second kappa shape index (κ2) is 8.08. The fourth-order valence-electron chi connectivity index (χ4n) is 2.73. The Bertz CT molecular complexity index is 841. The van der Waals surface area contributed by atoms with Gasteiger partial charge >= 0.3 is 13.8 Å². The van der Waals surface area contributed by atoms with Crippen LogP contribution in [0, 0.1) is 10.1 Å². The highest BCUT2D eigenvalue weighted by Gasteiger charge is 2.39. The molecule has 0 saturated carbocycles. The zero-order valence-electron chi connectivity index (χ0n) is 13.8. The van der Waals surface area contributed by atoms with Gasteiger partial charge in [-0.05, 0) is 23.8 Å². The smallest absolute Gasteiger partial charge is 0.346 e. The van der Waals surface area contributed by atoms with Gasteiger partial charge in [0.1, 0.15) is 12.3 Å². The number of rotatable bonds is 7. The number of nitro groups is 1. The molecule has 7 nitrogen and oxygen atoms in total. The highest BCUT2D eigenvalue weighted by molar-refractivity contribution is 7.51. The van der Waals surface area contributed by atoms with Crippen LogP contribution in [0.2, 0.25) is 0 Å². The maximum Gasteiger partial charge on any atom is 0.416 e. The van der Waals surface area contributed by atoms with Gasteiger partial charge in [0, 0.05) is 10.6 Å². The summed E-state index contributed by atoms with van der Waals surface area (Å²) in [5, 5.41) is 11.1. The van der Waals surface area contributed by atoms with Crippen molar-refractivity contribution in [1.82, 2.24) is 0 Å². The predicted octanol–water partition coefficient (Wildman–Crippen LogP) is 3.67. The van der Waals surface area contributed by atoms with Crippen LogP contribution < -0.4 is 4.90 Å². The predicted molar refractivity (Wildman–Crippen MR) is 91.9 cm³/mol. The minimum absolute atomic E-state index is 0.157. The van der Waals surface area contributed by atoms with E-state index in [1.807, 2.05) is 0 Å². The van der Waals surface area contributed by atoms with E-state index in [4.69, 9.17) is 0 Å². The molecule has 0 bridgehead atoms. The van der Waals surface area contributed by atoms with Crippen LogP contribution in [0.1, 0.15) is 17.2 Å². The Morgan fingerprint density at radius 1 is 1.07 bits per heavy atom. The fraction of sp³-hybridized carbons (Fsp3) is 0.250. The molecule has 0 heterocycles. The van der Waals surface area contributed by atoms with Gasteiger partial charge < -0.3 is 14.7 Å². The Morgan fingerprint density at radius 2 is 1.63 bits per heavy atom. The van der Waals surface area contributed by atoms with Crippen molar-refractivity contribution in [2.24, 2.45) is 0 Å². The first-order valence-corrected chi connectivity index (χ1v) is 9.43. The highest BCUT2D eigenvalue weighted by Crippen LogP contribution is 2.43. The molecule has 2 aromatic rings. The number of nitrogens with zero attached hydrogens (tertiary/aromatic N) is 2. The molecule has 0 saturated heterocycles. The van der Waals surface area contributed by atoms with E-state index >= 15 is 0 Å². The first kappa shape index (κ1) is 20.9. The van der Waals surface area contributed by atoms with Gasteiger partial charge in [0.25, 0.3) is 0 Å². The second-order valence-corrected chi connectivity index (χ2v) is 7.34. The van der Waals surface area contributed by atoms with Crippen LogP contribution >= 0.6 is 7.60 Å². The zero-order valence-corrected chi connectivity index (χ0v) is 14.7. The maximum absolute atomic E-state index is 13.4. The summed E-state index contributed by atoms with van der Waals surface area (Å²) in [6, 6.07) is 10.2. The molecule has 11 heteroatoms. The van der Waals surface area contributed by atoms with Crippen LogP contribution in [0.4, 0.5) is 18.9 Å². The number of benzene rings is 2. The summed E-state index contributed by atoms with van der Waals surface area (Å²) in [5.74, 6) is 0. The molecule has 1 atom stereocenters. The summed E-state index contributed by atoms with van der Waals surface area (Å²) in [5.41, 5.74) is -1.37. The van der Waals surface area contributed by atoms with Crippen LogP contribution in [0.25, 0.3) is 0 Å². The van der Waals surface area contributed by atoms with Gasteiger partial charge in [-0.15, -0.1) is 0 Å². The van der Waals surface area contributed by atoms with Gasteiger partial charge in [0.15, 0.2) is 0 Å². The average molecular weight is 404 g/mol. The van der Waals surface area contributed by atoms with E-state index in [1.54, 1.807) is 6.07 Å². The zero-order chi connectivity index (χ0) is 20.2. The lowest BCUT2D eigenvalue weighted by Gasteiger charge is -2.33. The molecule has 0 aliphatic rings. The fourth-order valence-corrected chi connectivity index (χ4v) is 3.49. The minimum Gasteiger partial charge on any atom is -0.346 e. The van der Waals surface area contributed by atoms with E-state index in [0.717, 1.165) is 23.1 Å². The van der Waals surface area contributed by atoms with Gasteiger partial charge in [0.2, 0.25) is 6.54 Å². The topological polar surface area (TPSA) is 104 Å². The number of alkyl halides is 3. The van der Waals surface area contributed by atoms with Crippen molar-refractivity contribution < 1.29 is 32.4 Å². The molecule has 1 unspecified atom stereocenters. The summed E-state index contributed by atoms with van der Waals surface area (Å²) in [6.45, 7) is -0.970. The molecule has 0 amide bonds. The first-order chi connectivity index (χ1) is 12.5. The lowest BCUT2D eigenvalue weighted by molar-refractivity contribution is -0.483. The number of halogens is 3. The van der Waals surface area contributed by atoms with Crippen LogP contribution in [0.5, 0.6) is 0 Å². The molecule has 0 aromatic heterocycles. The number of para-hydroxylation sites is 1. The molecule has 2 aromatic carbocycles. The van der Waals surface area contributed by atoms with E-state index < -0.39 is 48.7 Å². The summed E-state index contributed by atoms with van der Waals surface area (Å²) in [6.07, 6.45) is -5.75. The molecule has 146 valence electrons. The number of hydrogen-bond acceptors (Lipinski definition) is 4. The highest BCUT2D eigenvalue weighted by atomic mass is 31.2. The minimum atomic E-state index is -4.78. The van der Waals surface area contributed by atoms with Crippen molar-refractivity contribution in [3.63, 3.8) is 0 Å². The first-order valence-electron chi connectivity index (χ1n) is 7.63. The lowest BCUT2D eigenvalue weighted by atomic mass is 9.98. The second-order valence-electron chi connectivity index (χ2n) is 5.73. The van der Waals surface area contributed by atoms with Gasteiger partial charge in [0.05, 0.1) is 5.56 Å². The monoisotopic (exact) mass is 404 g/mol. The quantitative estimate of drug-likeness (QED) is 0.415. The molecule has 27 heavy (non-hydrogen) atoms. The van der Waals surface area contributed by atoms with Crippen LogP contribution in [-0.4, -0.2) is 27.5 Å². The van der Waals surface area contributed by atoms with E-state index in [2.05, 4.69) is 0 Å². The van der Waals surface area contributed by atoms with E-state index in [9.17, 15) is 37.6 Å². The van der Waals surface area contributed by atoms with Crippen LogP contribution in [0.15, 0.2) is 54.6 Å². The largest absolute Gasteiger partial charge is 0.416 e. The molecule has 0 radical (unpaired) electrons. The molecule has 0 aliphatic heterocycles. The van der Waals surface area contributed by atoms with Crippen LogP contribution in [0.3, 0.4) is 0 Å². The molecule has 0 spiro atoms. The van der Waals surface area contributed by atoms with E-state index in [-0.39, 0.29) is 5.69 Å². The van der Waals surface area contributed by atoms with Gasteiger partial charge in [-0.25, -0.2) is 0 Å². The summed E-state index contributed by atoms with van der Waals surface area (Å²) < 4.78 is 51.8. The Labute approximate surface area is 152 Å². The number of hydrogen-bond donors (Lipinski definition) is 2. The molecule has 2 rings (SSSR count). The Balaban J connectivity index is 2.65. The van der Waals surface area contributed by atoms with E-state index in [0.29, 0.717) is 0 Å². The standard InChI is InChI=1S/C16H16F3N2O5P/c17-16(18,19)14-9-5-4-8-13(14)15(10-21(22)23)20(11-27(24,25)26)12-6-2-1-3-7-12/h1-9,15H,10-11H2,(H2,24,25,26). The molecule has 0 aliphatic carbocycles. The van der Waals surface area contributed by atoms with Gasteiger partial charge in [-0.1, -0.05) is 36.4 Å². The van der Waals surface area contributed by atoms with Crippen molar-refractivity contribution in [1.29, 1.82) is 0 Å². The lowest BCUT2D eigenvalue weighted by Crippen LogP contribution is -2.35. The van der Waals surface area contributed by atoms with E-state index in [1.165, 1.54) is 30.3 Å². The summed E-state index contributed by atoms with van der Waals surface area (Å²) in [7, 11) is -4.74. The maximum atomic E-state index is 13.4. The Hall–Kier alpha value is -2.42. The van der Waals surface area contributed by atoms with Crippen molar-refractivity contribution >= 4 is 13.3 Å². The molecule has 2 N–H and O–H groups in total. The Kier molecular flexibility index (Phi) is 6.25. The third-order valence-corrected chi connectivity index (χ3v) is 4.42. The summed E-state index contributed by atoms with van der Waals surface area (Å²) >= 11 is 0. The number of anilines is 1. The van der Waals surface area contributed by atoms with Gasteiger partial charge in [-0.2, -0.15) is 13.2 Å².